The highest BCUT2D eigenvalue weighted by Gasteiger charge is 2.00. The first-order valence-electron chi connectivity index (χ1n) is 6.03. The van der Waals surface area contributed by atoms with Gasteiger partial charge < -0.3 is 20.5 Å². The molecule has 4 nitrogen and oxygen atoms in total. The number of unbranched alkanes of at least 4 members (excludes halogenated alkanes) is 1. The number of nitrogen functional groups attached to an aromatic ring is 1. The van der Waals surface area contributed by atoms with E-state index in [4.69, 9.17) is 15.2 Å². The van der Waals surface area contributed by atoms with Crippen molar-refractivity contribution in [3.8, 4) is 5.75 Å². The van der Waals surface area contributed by atoms with Crippen molar-refractivity contribution in [1.82, 2.24) is 0 Å². The predicted molar refractivity (Wildman–Crippen MR) is 71.6 cm³/mol. The van der Waals surface area contributed by atoms with Crippen LogP contribution in [0, 0.1) is 0 Å². The summed E-state index contributed by atoms with van der Waals surface area (Å²) >= 11 is 0. The molecule has 0 aliphatic rings. The van der Waals surface area contributed by atoms with Gasteiger partial charge in [-0.3, -0.25) is 0 Å². The summed E-state index contributed by atoms with van der Waals surface area (Å²) in [5.74, 6) is 0.771. The van der Waals surface area contributed by atoms with Gasteiger partial charge in [-0.05, 0) is 18.6 Å². The van der Waals surface area contributed by atoms with E-state index in [0.29, 0.717) is 12.3 Å². The van der Waals surface area contributed by atoms with Gasteiger partial charge in [0.15, 0.2) is 0 Å². The molecule has 0 radical (unpaired) electrons. The maximum Gasteiger partial charge on any atom is 0.121 e. The highest BCUT2D eigenvalue weighted by molar-refractivity contribution is 5.68. The molecule has 4 heteroatoms. The summed E-state index contributed by atoms with van der Waals surface area (Å²) in [6, 6.07) is 5.61. The molecule has 17 heavy (non-hydrogen) atoms. The van der Waals surface area contributed by atoms with Crippen molar-refractivity contribution in [3.63, 3.8) is 0 Å². The van der Waals surface area contributed by atoms with Gasteiger partial charge in [-0.2, -0.15) is 0 Å². The Balaban J connectivity index is 2.27. The van der Waals surface area contributed by atoms with Crippen LogP contribution in [0.2, 0.25) is 0 Å². The number of rotatable bonds is 8. The number of benzene rings is 1. The highest BCUT2D eigenvalue weighted by Crippen LogP contribution is 2.23. The van der Waals surface area contributed by atoms with Crippen LogP contribution in [0.5, 0.6) is 5.75 Å². The lowest BCUT2D eigenvalue weighted by Crippen LogP contribution is -2.11. The first-order valence-corrected chi connectivity index (χ1v) is 6.03. The number of hydrogen-bond acceptors (Lipinski definition) is 4. The molecule has 0 spiro atoms. The van der Waals surface area contributed by atoms with Crippen LogP contribution in [-0.4, -0.2) is 26.9 Å². The van der Waals surface area contributed by atoms with E-state index in [2.05, 4.69) is 12.2 Å². The minimum atomic E-state index is 0.693. The molecule has 0 unspecified atom stereocenters. The number of ether oxygens (including phenoxy) is 2. The van der Waals surface area contributed by atoms with Gasteiger partial charge in [0.1, 0.15) is 5.75 Å². The molecular weight excluding hydrogens is 216 g/mol. The number of methoxy groups -OCH3 is 1. The maximum absolute atomic E-state index is 5.88. The maximum atomic E-state index is 5.88. The van der Waals surface area contributed by atoms with E-state index >= 15 is 0 Å². The van der Waals surface area contributed by atoms with Crippen molar-refractivity contribution in [2.75, 3.05) is 37.9 Å². The zero-order chi connectivity index (χ0) is 12.5. The van der Waals surface area contributed by atoms with Gasteiger partial charge in [0.05, 0.1) is 25.1 Å². The second kappa shape index (κ2) is 7.79. The molecular formula is C13H22N2O2. The van der Waals surface area contributed by atoms with Crippen molar-refractivity contribution in [3.05, 3.63) is 18.2 Å². The summed E-state index contributed by atoms with van der Waals surface area (Å²) < 4.78 is 10.5. The molecule has 0 atom stereocenters. The monoisotopic (exact) mass is 238 g/mol. The molecule has 0 aromatic heterocycles. The molecule has 1 aromatic carbocycles. The lowest BCUT2D eigenvalue weighted by atomic mass is 10.2. The summed E-state index contributed by atoms with van der Waals surface area (Å²) in [6.07, 6.45) is 2.28. The van der Waals surface area contributed by atoms with E-state index in [1.165, 1.54) is 6.42 Å². The topological polar surface area (TPSA) is 56.5 Å². The molecule has 0 aliphatic heterocycles. The van der Waals surface area contributed by atoms with Crippen molar-refractivity contribution in [1.29, 1.82) is 0 Å². The van der Waals surface area contributed by atoms with Crippen LogP contribution in [0.1, 0.15) is 19.8 Å². The quantitative estimate of drug-likeness (QED) is 0.539. The van der Waals surface area contributed by atoms with E-state index in [1.807, 2.05) is 12.1 Å². The number of nitrogens with one attached hydrogen (secondary N) is 1. The second-order valence-electron chi connectivity index (χ2n) is 3.85. The van der Waals surface area contributed by atoms with Gasteiger partial charge in [-0.25, -0.2) is 0 Å². The third kappa shape index (κ3) is 4.95. The van der Waals surface area contributed by atoms with Crippen LogP contribution in [0.3, 0.4) is 0 Å². The van der Waals surface area contributed by atoms with Gasteiger partial charge in [0.2, 0.25) is 0 Å². The number of anilines is 2. The van der Waals surface area contributed by atoms with Crippen molar-refractivity contribution < 1.29 is 9.47 Å². The molecule has 3 N–H and O–H groups in total. The van der Waals surface area contributed by atoms with Gasteiger partial charge in [0.25, 0.3) is 0 Å². The first-order chi connectivity index (χ1) is 8.27. The van der Waals surface area contributed by atoms with Crippen molar-refractivity contribution in [2.24, 2.45) is 0 Å². The fourth-order valence-electron chi connectivity index (χ4n) is 1.44. The largest absolute Gasteiger partial charge is 0.497 e. The predicted octanol–water partition coefficient (Wildman–Crippen LogP) is 2.51. The number of hydrogen-bond donors (Lipinski definition) is 2. The van der Waals surface area contributed by atoms with Crippen LogP contribution >= 0.6 is 0 Å². The van der Waals surface area contributed by atoms with Crippen molar-refractivity contribution >= 4 is 11.4 Å². The summed E-state index contributed by atoms with van der Waals surface area (Å²) in [7, 11) is 1.63. The van der Waals surface area contributed by atoms with E-state index in [9.17, 15) is 0 Å². The fourth-order valence-corrected chi connectivity index (χ4v) is 1.44. The van der Waals surface area contributed by atoms with Crippen LogP contribution in [-0.2, 0) is 4.74 Å². The van der Waals surface area contributed by atoms with Crippen LogP contribution in [0.15, 0.2) is 18.2 Å². The molecule has 0 heterocycles. The Hall–Kier alpha value is -1.42. The number of nitrogens with two attached hydrogens (primary N) is 1. The van der Waals surface area contributed by atoms with E-state index in [0.717, 1.165) is 31.0 Å². The zero-order valence-electron chi connectivity index (χ0n) is 10.7. The molecule has 1 rings (SSSR count). The average molecular weight is 238 g/mol. The Morgan fingerprint density at radius 1 is 1.29 bits per heavy atom. The standard InChI is InChI=1S/C13H22N2O2/c1-3-4-8-17-9-7-15-13-6-5-11(16-2)10-12(13)14/h5-6,10,15H,3-4,7-9,14H2,1-2H3. The van der Waals surface area contributed by atoms with E-state index in [-0.39, 0.29) is 0 Å². The van der Waals surface area contributed by atoms with Gasteiger partial charge >= 0.3 is 0 Å². The molecule has 1 aromatic rings. The second-order valence-corrected chi connectivity index (χ2v) is 3.85. The average Bonchev–Trinajstić information content (AvgIpc) is 2.35. The minimum absolute atomic E-state index is 0.693. The Kier molecular flexibility index (Phi) is 6.25. The summed E-state index contributed by atoms with van der Waals surface area (Å²) in [4.78, 5) is 0. The Labute approximate surface area is 103 Å². The molecule has 0 fully saturated rings. The lowest BCUT2D eigenvalue weighted by Gasteiger charge is -2.10. The normalized spacial score (nSPS) is 10.2. The van der Waals surface area contributed by atoms with Crippen molar-refractivity contribution in [2.45, 2.75) is 19.8 Å². The minimum Gasteiger partial charge on any atom is -0.497 e. The molecule has 0 aliphatic carbocycles. The lowest BCUT2D eigenvalue weighted by molar-refractivity contribution is 0.141. The zero-order valence-corrected chi connectivity index (χ0v) is 10.7. The van der Waals surface area contributed by atoms with E-state index in [1.54, 1.807) is 13.2 Å². The van der Waals surface area contributed by atoms with Gasteiger partial charge in [-0.15, -0.1) is 0 Å². The summed E-state index contributed by atoms with van der Waals surface area (Å²) in [6.45, 7) is 4.45. The van der Waals surface area contributed by atoms with E-state index < -0.39 is 0 Å². The van der Waals surface area contributed by atoms with Gasteiger partial charge in [0, 0.05) is 19.2 Å². The summed E-state index contributed by atoms with van der Waals surface area (Å²) in [5.41, 5.74) is 7.49. The molecule has 0 amide bonds. The Morgan fingerprint density at radius 3 is 2.76 bits per heavy atom. The van der Waals surface area contributed by atoms with Gasteiger partial charge in [-0.1, -0.05) is 13.3 Å². The van der Waals surface area contributed by atoms with Crippen LogP contribution in [0.25, 0.3) is 0 Å². The molecule has 96 valence electrons. The molecule has 0 bridgehead atoms. The first kappa shape index (κ1) is 13.6. The fraction of sp³-hybridized carbons (Fsp3) is 0.538. The SMILES string of the molecule is CCCCOCCNc1ccc(OC)cc1N. The summed E-state index contributed by atoms with van der Waals surface area (Å²) in [5, 5.41) is 3.24. The highest BCUT2D eigenvalue weighted by atomic mass is 16.5. The molecule has 0 saturated heterocycles. The third-order valence-corrected chi connectivity index (χ3v) is 2.46. The smallest absolute Gasteiger partial charge is 0.121 e. The Bertz CT molecular complexity index is 329. The third-order valence-electron chi connectivity index (χ3n) is 2.46. The Morgan fingerprint density at radius 2 is 2.12 bits per heavy atom. The van der Waals surface area contributed by atoms with Crippen LogP contribution < -0.4 is 15.8 Å². The molecule has 0 saturated carbocycles. The van der Waals surface area contributed by atoms with Crippen LogP contribution in [0.4, 0.5) is 11.4 Å².